The predicted octanol–water partition coefficient (Wildman–Crippen LogP) is 4.90. The molecular formula is C28H27NO6. The lowest BCUT2D eigenvalue weighted by atomic mass is 9.94. The number of nitrogens with zero attached hydrogens (tertiary/aromatic N) is 1. The van der Waals surface area contributed by atoms with Crippen LogP contribution in [0.1, 0.15) is 29.7 Å². The monoisotopic (exact) mass is 473 g/mol. The molecule has 1 N–H and O–H groups in total. The maximum atomic E-state index is 13.4. The van der Waals surface area contributed by atoms with Crippen molar-refractivity contribution in [2.45, 2.75) is 19.4 Å². The first-order valence-corrected chi connectivity index (χ1v) is 11.2. The minimum atomic E-state index is -0.857. The van der Waals surface area contributed by atoms with Gasteiger partial charge in [0, 0.05) is 5.69 Å². The van der Waals surface area contributed by atoms with Crippen molar-refractivity contribution in [1.29, 1.82) is 0 Å². The second-order valence-corrected chi connectivity index (χ2v) is 8.03. The number of carbonyl (C=O) groups is 2. The number of aliphatic hydroxyl groups excluding tert-OH is 1. The number of anilines is 1. The van der Waals surface area contributed by atoms with Crippen molar-refractivity contribution >= 4 is 23.1 Å². The van der Waals surface area contributed by atoms with Crippen molar-refractivity contribution in [3.05, 3.63) is 89.0 Å². The molecule has 0 aliphatic carbocycles. The summed E-state index contributed by atoms with van der Waals surface area (Å²) in [4.78, 5) is 28.1. The summed E-state index contributed by atoms with van der Waals surface area (Å²) in [6, 6.07) is 18.6. The molecule has 1 fully saturated rings. The number of ketones is 1. The van der Waals surface area contributed by atoms with E-state index >= 15 is 0 Å². The molecule has 1 saturated heterocycles. The summed E-state index contributed by atoms with van der Waals surface area (Å²) in [5.74, 6) is -0.403. The quantitative estimate of drug-likeness (QED) is 0.298. The number of ether oxygens (including phenoxy) is 3. The van der Waals surface area contributed by atoms with Gasteiger partial charge in [-0.15, -0.1) is 0 Å². The zero-order valence-electron chi connectivity index (χ0n) is 20.1. The van der Waals surface area contributed by atoms with Crippen LogP contribution in [0.2, 0.25) is 0 Å². The zero-order valence-corrected chi connectivity index (χ0v) is 20.1. The standard InChI is InChI=1S/C28H27NO6/c1-5-17-6-10-19(11-7-17)29-25(18-8-12-20(33-2)13-9-18)24(27(31)28(29)32)26(30)22-16-21(34-3)14-15-23(22)35-4/h6-16,25,30H,5H2,1-4H3/b26-24+. The van der Waals surface area contributed by atoms with Crippen LogP contribution in [-0.2, 0) is 16.0 Å². The number of methoxy groups -OCH3 is 3. The molecule has 1 heterocycles. The molecule has 3 aromatic carbocycles. The smallest absolute Gasteiger partial charge is 0.300 e. The number of aryl methyl sites for hydroxylation is 1. The highest BCUT2D eigenvalue weighted by Gasteiger charge is 2.47. The average Bonchev–Trinajstić information content (AvgIpc) is 3.17. The van der Waals surface area contributed by atoms with Gasteiger partial charge < -0.3 is 19.3 Å². The summed E-state index contributed by atoms with van der Waals surface area (Å²) in [6.07, 6.45) is 0.844. The number of hydrogen-bond acceptors (Lipinski definition) is 6. The van der Waals surface area contributed by atoms with Gasteiger partial charge in [-0.3, -0.25) is 14.5 Å². The van der Waals surface area contributed by atoms with Gasteiger partial charge in [0.25, 0.3) is 11.7 Å². The first kappa shape index (κ1) is 23.9. The fourth-order valence-electron chi connectivity index (χ4n) is 4.24. The SMILES string of the molecule is CCc1ccc(N2C(=O)C(=O)/C(=C(/O)c3cc(OC)ccc3OC)C2c2ccc(OC)cc2)cc1. The van der Waals surface area contributed by atoms with Crippen LogP contribution in [0.3, 0.4) is 0 Å². The highest BCUT2D eigenvalue weighted by atomic mass is 16.5. The van der Waals surface area contributed by atoms with Crippen molar-refractivity contribution in [1.82, 2.24) is 0 Å². The largest absolute Gasteiger partial charge is 0.507 e. The molecule has 35 heavy (non-hydrogen) atoms. The zero-order chi connectivity index (χ0) is 25.1. The molecule has 180 valence electrons. The van der Waals surface area contributed by atoms with Crippen LogP contribution in [0, 0.1) is 0 Å². The topological polar surface area (TPSA) is 85.3 Å². The Kier molecular flexibility index (Phi) is 6.78. The van der Waals surface area contributed by atoms with Gasteiger partial charge in [-0.1, -0.05) is 31.2 Å². The number of amides is 1. The Balaban J connectivity index is 1.95. The number of hydrogen-bond donors (Lipinski definition) is 1. The lowest BCUT2D eigenvalue weighted by Gasteiger charge is -2.26. The summed E-state index contributed by atoms with van der Waals surface area (Å²) < 4.78 is 16.0. The predicted molar refractivity (Wildman–Crippen MR) is 133 cm³/mol. The Morgan fingerprint density at radius 2 is 1.49 bits per heavy atom. The van der Waals surface area contributed by atoms with Gasteiger partial charge in [0.1, 0.15) is 23.0 Å². The van der Waals surface area contributed by atoms with Crippen molar-refractivity contribution in [2.75, 3.05) is 26.2 Å². The highest BCUT2D eigenvalue weighted by Crippen LogP contribution is 2.44. The van der Waals surface area contributed by atoms with E-state index in [0.29, 0.717) is 28.5 Å². The molecule has 1 aliphatic rings. The number of rotatable bonds is 7. The molecule has 1 amide bonds. The number of carbonyl (C=O) groups excluding carboxylic acids is 2. The van der Waals surface area contributed by atoms with Crippen LogP contribution >= 0.6 is 0 Å². The van der Waals surface area contributed by atoms with Crippen LogP contribution in [0.4, 0.5) is 5.69 Å². The third-order valence-corrected chi connectivity index (χ3v) is 6.16. The van der Waals surface area contributed by atoms with Crippen molar-refractivity contribution < 1.29 is 28.9 Å². The summed E-state index contributed by atoms with van der Waals surface area (Å²) in [5, 5.41) is 11.4. The van der Waals surface area contributed by atoms with E-state index in [0.717, 1.165) is 12.0 Å². The molecule has 0 bridgehead atoms. The van der Waals surface area contributed by atoms with E-state index in [9.17, 15) is 14.7 Å². The van der Waals surface area contributed by atoms with Gasteiger partial charge in [-0.05, 0) is 60.0 Å². The van der Waals surface area contributed by atoms with Crippen LogP contribution in [-0.4, -0.2) is 38.1 Å². The third-order valence-electron chi connectivity index (χ3n) is 6.16. The third kappa shape index (κ3) is 4.33. The maximum Gasteiger partial charge on any atom is 0.300 e. The summed E-state index contributed by atoms with van der Waals surface area (Å²) in [7, 11) is 4.53. The van der Waals surface area contributed by atoms with Crippen molar-refractivity contribution in [2.24, 2.45) is 0 Å². The lowest BCUT2D eigenvalue weighted by molar-refractivity contribution is -0.132. The summed E-state index contributed by atoms with van der Waals surface area (Å²) in [6.45, 7) is 2.04. The van der Waals surface area contributed by atoms with Crippen LogP contribution in [0.5, 0.6) is 17.2 Å². The van der Waals surface area contributed by atoms with E-state index in [1.165, 1.54) is 19.1 Å². The molecular weight excluding hydrogens is 446 g/mol. The Bertz CT molecular complexity index is 1280. The number of Topliss-reactive ketones (excluding diaryl/α,β-unsaturated/α-hetero) is 1. The molecule has 7 nitrogen and oxygen atoms in total. The number of aliphatic hydroxyl groups is 1. The first-order valence-electron chi connectivity index (χ1n) is 11.2. The normalized spacial score (nSPS) is 16.9. The fourth-order valence-corrected chi connectivity index (χ4v) is 4.24. The van der Waals surface area contributed by atoms with Crippen molar-refractivity contribution in [3.8, 4) is 17.2 Å². The van der Waals surface area contributed by atoms with E-state index in [1.807, 2.05) is 31.2 Å². The first-order chi connectivity index (χ1) is 16.9. The van der Waals surface area contributed by atoms with Gasteiger partial charge in [0.05, 0.1) is 38.5 Å². The van der Waals surface area contributed by atoms with E-state index in [-0.39, 0.29) is 16.9 Å². The Hall–Kier alpha value is -4.26. The van der Waals surface area contributed by atoms with Gasteiger partial charge in [0.15, 0.2) is 0 Å². The summed E-state index contributed by atoms with van der Waals surface area (Å²) in [5.41, 5.74) is 2.53. The Labute approximate surface area is 204 Å². The van der Waals surface area contributed by atoms with Crippen LogP contribution in [0.15, 0.2) is 72.3 Å². The molecule has 1 atom stereocenters. The molecule has 0 spiro atoms. The van der Waals surface area contributed by atoms with Gasteiger partial charge >= 0.3 is 0 Å². The molecule has 1 unspecified atom stereocenters. The minimum Gasteiger partial charge on any atom is -0.507 e. The summed E-state index contributed by atoms with van der Waals surface area (Å²) >= 11 is 0. The number of benzene rings is 3. The second-order valence-electron chi connectivity index (χ2n) is 8.03. The average molecular weight is 474 g/mol. The molecule has 1 aliphatic heterocycles. The van der Waals surface area contributed by atoms with Crippen molar-refractivity contribution in [3.63, 3.8) is 0 Å². The Morgan fingerprint density at radius 3 is 2.06 bits per heavy atom. The van der Waals surface area contributed by atoms with Gasteiger partial charge in [-0.25, -0.2) is 0 Å². The maximum absolute atomic E-state index is 13.4. The second kappa shape index (κ2) is 9.93. The van der Waals surface area contributed by atoms with E-state index < -0.39 is 17.7 Å². The minimum absolute atomic E-state index is 0.0358. The van der Waals surface area contributed by atoms with E-state index in [1.54, 1.807) is 49.6 Å². The van der Waals surface area contributed by atoms with Gasteiger partial charge in [0.2, 0.25) is 0 Å². The molecule has 3 aromatic rings. The van der Waals surface area contributed by atoms with Crippen LogP contribution in [0.25, 0.3) is 5.76 Å². The van der Waals surface area contributed by atoms with E-state index in [2.05, 4.69) is 0 Å². The molecule has 4 rings (SSSR count). The highest BCUT2D eigenvalue weighted by molar-refractivity contribution is 6.51. The van der Waals surface area contributed by atoms with E-state index in [4.69, 9.17) is 14.2 Å². The Morgan fingerprint density at radius 1 is 0.857 bits per heavy atom. The van der Waals surface area contributed by atoms with Crippen LogP contribution < -0.4 is 19.1 Å². The molecule has 0 radical (unpaired) electrons. The molecule has 0 saturated carbocycles. The molecule has 7 heteroatoms. The fraction of sp³-hybridized carbons (Fsp3) is 0.214. The van der Waals surface area contributed by atoms with Gasteiger partial charge in [-0.2, -0.15) is 0 Å². The lowest BCUT2D eigenvalue weighted by Crippen LogP contribution is -2.29. The molecule has 0 aromatic heterocycles.